The van der Waals surface area contributed by atoms with Crippen LogP contribution in [0.25, 0.3) is 11.0 Å². The number of aliphatic hydroxyl groups excluding tert-OH is 1. The lowest BCUT2D eigenvalue weighted by atomic mass is 9.76. The molecule has 156 valence electrons. The summed E-state index contributed by atoms with van der Waals surface area (Å²) in [4.78, 5) is 26.5. The van der Waals surface area contributed by atoms with E-state index in [-0.39, 0.29) is 0 Å². The van der Waals surface area contributed by atoms with Gasteiger partial charge >= 0.3 is 11.6 Å². The van der Waals surface area contributed by atoms with Crippen LogP contribution < -0.4 is 5.63 Å². The van der Waals surface area contributed by atoms with E-state index < -0.39 is 23.6 Å². The normalized spacial score (nSPS) is 17.2. The number of hydrogen-bond acceptors (Lipinski definition) is 6. The lowest BCUT2D eigenvalue weighted by Crippen LogP contribution is -2.40. The lowest BCUT2D eigenvalue weighted by molar-refractivity contribution is -0.144. The molecule has 7 heteroatoms. The first-order chi connectivity index (χ1) is 13.8. The summed E-state index contributed by atoms with van der Waals surface area (Å²) >= 11 is 0. The fourth-order valence-corrected chi connectivity index (χ4v) is 3.98. The highest BCUT2D eigenvalue weighted by Gasteiger charge is 2.40. The Balaban J connectivity index is 2.36. The molecule has 0 spiro atoms. The molecule has 2 heterocycles. The SMILES string of the molecule is C=CCc1c(C(C)(CO)C(=O)O)c(CN2CCOCC2)cc2c(C)cc(=O)oc12. The van der Waals surface area contributed by atoms with Crippen LogP contribution >= 0.6 is 0 Å². The fraction of sp³-hybridized carbons (Fsp3) is 0.455. The zero-order valence-corrected chi connectivity index (χ0v) is 16.9. The van der Waals surface area contributed by atoms with Gasteiger partial charge in [-0.2, -0.15) is 0 Å². The van der Waals surface area contributed by atoms with Crippen molar-refractivity contribution < 1.29 is 24.2 Å². The Hall–Kier alpha value is -2.48. The van der Waals surface area contributed by atoms with Gasteiger partial charge in [0.2, 0.25) is 0 Å². The number of aryl methyl sites for hydroxylation is 1. The Bertz CT molecular complexity index is 989. The van der Waals surface area contributed by atoms with Gasteiger partial charge in [-0.15, -0.1) is 6.58 Å². The van der Waals surface area contributed by atoms with Gasteiger partial charge in [-0.3, -0.25) is 9.69 Å². The van der Waals surface area contributed by atoms with E-state index >= 15 is 0 Å². The van der Waals surface area contributed by atoms with E-state index in [0.717, 1.165) is 29.6 Å². The predicted octanol–water partition coefficient (Wildman–Crippen LogP) is 2.00. The van der Waals surface area contributed by atoms with Crippen molar-refractivity contribution in [2.24, 2.45) is 0 Å². The number of aliphatic hydroxyl groups is 1. The average Bonchev–Trinajstić information content (AvgIpc) is 2.69. The highest BCUT2D eigenvalue weighted by atomic mass is 16.5. The Kier molecular flexibility index (Phi) is 6.21. The number of hydrogen-bond donors (Lipinski definition) is 2. The first-order valence-electron chi connectivity index (χ1n) is 9.66. The van der Waals surface area contributed by atoms with Crippen LogP contribution in [0.2, 0.25) is 0 Å². The summed E-state index contributed by atoms with van der Waals surface area (Å²) in [7, 11) is 0. The van der Waals surface area contributed by atoms with E-state index in [1.54, 1.807) is 6.08 Å². The van der Waals surface area contributed by atoms with Crippen molar-refractivity contribution in [1.82, 2.24) is 4.90 Å². The number of nitrogens with zero attached hydrogens (tertiary/aromatic N) is 1. The van der Waals surface area contributed by atoms with E-state index in [0.29, 0.717) is 42.9 Å². The molecule has 29 heavy (non-hydrogen) atoms. The Morgan fingerprint density at radius 2 is 2.03 bits per heavy atom. The zero-order valence-electron chi connectivity index (χ0n) is 16.9. The maximum atomic E-state index is 12.2. The van der Waals surface area contributed by atoms with E-state index in [1.165, 1.54) is 13.0 Å². The van der Waals surface area contributed by atoms with Gasteiger partial charge in [0, 0.05) is 36.7 Å². The topological polar surface area (TPSA) is 100 Å². The lowest BCUT2D eigenvalue weighted by Gasteiger charge is -2.32. The molecule has 1 aliphatic heterocycles. The molecule has 0 saturated carbocycles. The molecule has 0 bridgehead atoms. The number of carboxylic acid groups (broad SMARTS) is 1. The summed E-state index contributed by atoms with van der Waals surface area (Å²) in [5, 5.41) is 20.8. The largest absolute Gasteiger partial charge is 0.481 e. The number of carboxylic acids is 1. The van der Waals surface area contributed by atoms with Crippen LogP contribution in [0.5, 0.6) is 0 Å². The molecule has 0 aliphatic carbocycles. The summed E-state index contributed by atoms with van der Waals surface area (Å²) in [6.45, 7) is 9.76. The zero-order chi connectivity index (χ0) is 21.2. The summed E-state index contributed by atoms with van der Waals surface area (Å²) in [6.07, 6.45) is 1.97. The number of aliphatic carboxylic acids is 1. The molecule has 1 unspecified atom stereocenters. The fourth-order valence-electron chi connectivity index (χ4n) is 3.98. The predicted molar refractivity (Wildman–Crippen MR) is 109 cm³/mol. The maximum absolute atomic E-state index is 12.2. The van der Waals surface area contributed by atoms with Crippen molar-refractivity contribution in [1.29, 1.82) is 0 Å². The molecule has 3 rings (SSSR count). The maximum Gasteiger partial charge on any atom is 0.336 e. The third-order valence-electron chi connectivity index (χ3n) is 5.61. The second-order valence-corrected chi connectivity index (χ2v) is 7.69. The van der Waals surface area contributed by atoms with Crippen LogP contribution in [0.4, 0.5) is 0 Å². The molecule has 1 aliphatic rings. The van der Waals surface area contributed by atoms with Crippen molar-refractivity contribution in [2.45, 2.75) is 32.2 Å². The van der Waals surface area contributed by atoms with Crippen molar-refractivity contribution in [3.63, 3.8) is 0 Å². The van der Waals surface area contributed by atoms with Gasteiger partial charge in [0.05, 0.1) is 19.8 Å². The standard InChI is InChI=1S/C22H27NO6/c1-4-5-16-19(22(3,13-24)21(26)27)15(12-23-6-8-28-9-7-23)11-17-14(2)10-18(25)29-20(16)17/h4,10-11,24H,1,5-9,12-13H2,2-3H3,(H,26,27). The van der Waals surface area contributed by atoms with Crippen LogP contribution in [0.15, 0.2) is 34.0 Å². The number of carbonyl (C=O) groups is 1. The molecule has 1 fully saturated rings. The van der Waals surface area contributed by atoms with E-state index in [1.807, 2.05) is 13.0 Å². The number of benzene rings is 1. The number of ether oxygens (including phenoxy) is 1. The highest BCUT2D eigenvalue weighted by molar-refractivity contribution is 5.90. The molecule has 0 radical (unpaired) electrons. The van der Waals surface area contributed by atoms with Gasteiger partial charge in [-0.1, -0.05) is 6.08 Å². The Morgan fingerprint density at radius 1 is 1.34 bits per heavy atom. The number of fused-ring (bicyclic) bond motifs is 1. The summed E-state index contributed by atoms with van der Waals surface area (Å²) in [5.74, 6) is -1.14. The summed E-state index contributed by atoms with van der Waals surface area (Å²) in [6, 6.07) is 3.32. The van der Waals surface area contributed by atoms with Crippen molar-refractivity contribution in [2.75, 3.05) is 32.9 Å². The van der Waals surface area contributed by atoms with Crippen LogP contribution in [0.3, 0.4) is 0 Å². The third-order valence-corrected chi connectivity index (χ3v) is 5.61. The minimum atomic E-state index is -1.55. The molecule has 0 amide bonds. The second-order valence-electron chi connectivity index (χ2n) is 7.69. The van der Waals surface area contributed by atoms with Crippen molar-refractivity contribution >= 4 is 16.9 Å². The number of rotatable bonds is 7. The van der Waals surface area contributed by atoms with Gasteiger partial charge in [-0.25, -0.2) is 4.79 Å². The smallest absolute Gasteiger partial charge is 0.336 e. The molecule has 1 atom stereocenters. The monoisotopic (exact) mass is 401 g/mol. The summed E-state index contributed by atoms with van der Waals surface area (Å²) in [5.41, 5.74) is 0.950. The third kappa shape index (κ3) is 3.99. The van der Waals surface area contributed by atoms with Crippen molar-refractivity contribution in [3.05, 3.63) is 57.5 Å². The number of allylic oxidation sites excluding steroid dienone is 1. The first-order valence-corrected chi connectivity index (χ1v) is 9.66. The molecular formula is C22H27NO6. The molecule has 2 aromatic rings. The van der Waals surface area contributed by atoms with Crippen molar-refractivity contribution in [3.8, 4) is 0 Å². The number of morpholine rings is 1. The van der Waals surface area contributed by atoms with Gasteiger partial charge in [0.25, 0.3) is 0 Å². The van der Waals surface area contributed by atoms with Gasteiger partial charge in [0.15, 0.2) is 0 Å². The Labute approximate surface area is 169 Å². The van der Waals surface area contributed by atoms with Crippen LogP contribution in [-0.2, 0) is 27.9 Å². The quantitative estimate of drug-likeness (QED) is 0.541. The van der Waals surface area contributed by atoms with Gasteiger partial charge in [0.1, 0.15) is 11.0 Å². The minimum absolute atomic E-state index is 0.318. The molecule has 1 aromatic carbocycles. The van der Waals surface area contributed by atoms with Crippen LogP contribution in [0, 0.1) is 6.92 Å². The van der Waals surface area contributed by atoms with Crippen LogP contribution in [0.1, 0.15) is 29.2 Å². The molecule has 1 saturated heterocycles. The molecule has 7 nitrogen and oxygen atoms in total. The molecule has 2 N–H and O–H groups in total. The van der Waals surface area contributed by atoms with E-state index in [2.05, 4.69) is 11.5 Å². The highest BCUT2D eigenvalue weighted by Crippen LogP contribution is 2.37. The van der Waals surface area contributed by atoms with E-state index in [9.17, 15) is 19.8 Å². The van der Waals surface area contributed by atoms with Gasteiger partial charge < -0.3 is 19.4 Å². The average molecular weight is 401 g/mol. The second kappa shape index (κ2) is 8.49. The van der Waals surface area contributed by atoms with E-state index in [4.69, 9.17) is 9.15 Å². The minimum Gasteiger partial charge on any atom is -0.481 e. The summed E-state index contributed by atoms with van der Waals surface area (Å²) < 4.78 is 10.9. The molecular weight excluding hydrogens is 374 g/mol. The molecule has 1 aromatic heterocycles. The first kappa shape index (κ1) is 21.2. The Morgan fingerprint density at radius 3 is 2.62 bits per heavy atom. The van der Waals surface area contributed by atoms with Crippen LogP contribution in [-0.4, -0.2) is 54.0 Å². The van der Waals surface area contributed by atoms with Gasteiger partial charge in [-0.05, 0) is 43.0 Å².